The van der Waals surface area contributed by atoms with Gasteiger partial charge in [0.05, 0.1) is 5.56 Å². The summed E-state index contributed by atoms with van der Waals surface area (Å²) < 4.78 is 38.1. The molecule has 8 nitrogen and oxygen atoms in total. The number of nitrogens with zero attached hydrogens (tertiary/aromatic N) is 4. The highest BCUT2D eigenvalue weighted by Gasteiger charge is 2.29. The van der Waals surface area contributed by atoms with Gasteiger partial charge in [-0.25, -0.2) is 8.78 Å². The minimum atomic E-state index is -2.83. The minimum absolute atomic E-state index is 0.101. The largest absolute Gasteiger partial charge is 0.454 e. The average molecular weight is 444 g/mol. The lowest BCUT2D eigenvalue weighted by Gasteiger charge is -2.34. The molecule has 0 saturated carbocycles. The standard InChI is InChI=1S/C22H22F2N4O4/c1-26-13-16(20(25-26)21(23)24)22(30)28-10-8-27(9-11-28)19(29)5-3-2-4-15-6-7-17-18(12-15)32-14-31-17/h2-7,12-13,21H,8-11,14H2,1H3/b4-2+,5-3+. The molecular weight excluding hydrogens is 422 g/mol. The molecule has 0 spiro atoms. The second-order valence-electron chi connectivity index (χ2n) is 7.35. The predicted molar refractivity (Wildman–Crippen MR) is 111 cm³/mol. The molecule has 1 aromatic heterocycles. The zero-order chi connectivity index (χ0) is 22.7. The van der Waals surface area contributed by atoms with E-state index in [0.717, 1.165) is 5.56 Å². The van der Waals surface area contributed by atoms with E-state index in [4.69, 9.17) is 9.47 Å². The molecule has 0 radical (unpaired) electrons. The van der Waals surface area contributed by atoms with E-state index in [2.05, 4.69) is 5.10 Å². The number of carbonyl (C=O) groups excluding carboxylic acids is 2. The molecule has 2 aliphatic rings. The lowest BCUT2D eigenvalue weighted by molar-refractivity contribution is -0.127. The summed E-state index contributed by atoms with van der Waals surface area (Å²) in [5.74, 6) is 0.718. The monoisotopic (exact) mass is 444 g/mol. The van der Waals surface area contributed by atoms with Crippen LogP contribution in [-0.4, -0.2) is 64.4 Å². The molecule has 0 N–H and O–H groups in total. The van der Waals surface area contributed by atoms with Gasteiger partial charge in [-0.3, -0.25) is 14.3 Å². The Hall–Kier alpha value is -3.69. The second-order valence-corrected chi connectivity index (χ2v) is 7.35. The first kappa shape index (κ1) is 21.5. The summed E-state index contributed by atoms with van der Waals surface area (Å²) in [5, 5.41) is 3.68. The second kappa shape index (κ2) is 9.21. The number of alkyl halides is 2. The first-order chi connectivity index (χ1) is 15.4. The highest BCUT2D eigenvalue weighted by atomic mass is 19.3. The number of allylic oxidation sites excluding steroid dienone is 2. The van der Waals surface area contributed by atoms with Gasteiger partial charge in [-0.1, -0.05) is 24.3 Å². The summed E-state index contributed by atoms with van der Waals surface area (Å²) in [7, 11) is 1.49. The number of piperazine rings is 1. The van der Waals surface area contributed by atoms with E-state index < -0.39 is 18.0 Å². The Morgan fingerprint density at radius 1 is 1.06 bits per heavy atom. The molecule has 0 bridgehead atoms. The molecule has 2 aromatic rings. The molecule has 168 valence electrons. The molecule has 1 saturated heterocycles. The van der Waals surface area contributed by atoms with E-state index >= 15 is 0 Å². The SMILES string of the molecule is Cn1cc(C(=O)N2CCN(C(=O)/C=C/C=C/c3ccc4c(c3)OCO4)CC2)c(C(F)F)n1. The maximum atomic E-state index is 13.1. The molecule has 2 amide bonds. The van der Waals surface area contributed by atoms with Crippen molar-refractivity contribution in [2.24, 2.45) is 7.05 Å². The Labute approximate surface area is 183 Å². The van der Waals surface area contributed by atoms with E-state index in [1.807, 2.05) is 24.3 Å². The van der Waals surface area contributed by atoms with E-state index in [-0.39, 0.29) is 31.4 Å². The number of carbonyl (C=O) groups is 2. The van der Waals surface area contributed by atoms with Crippen molar-refractivity contribution >= 4 is 17.9 Å². The molecule has 1 fully saturated rings. The number of rotatable bonds is 5. The maximum absolute atomic E-state index is 13.1. The van der Waals surface area contributed by atoms with Gasteiger partial charge >= 0.3 is 0 Å². The Kier molecular flexibility index (Phi) is 6.20. The van der Waals surface area contributed by atoms with Crippen LogP contribution >= 0.6 is 0 Å². The molecule has 0 atom stereocenters. The minimum Gasteiger partial charge on any atom is -0.454 e. The van der Waals surface area contributed by atoms with Gasteiger partial charge in [0.2, 0.25) is 12.7 Å². The first-order valence-corrected chi connectivity index (χ1v) is 10.1. The van der Waals surface area contributed by atoms with Gasteiger partial charge in [-0.05, 0) is 17.7 Å². The van der Waals surface area contributed by atoms with Crippen LogP contribution in [0.15, 0.2) is 42.6 Å². The third-order valence-electron chi connectivity index (χ3n) is 5.21. The van der Waals surface area contributed by atoms with Crippen LogP contribution < -0.4 is 9.47 Å². The lowest BCUT2D eigenvalue weighted by Crippen LogP contribution is -2.50. The number of benzene rings is 1. The van der Waals surface area contributed by atoms with Gasteiger partial charge in [-0.2, -0.15) is 5.10 Å². The zero-order valence-corrected chi connectivity index (χ0v) is 17.4. The summed E-state index contributed by atoms with van der Waals surface area (Å²) in [5.41, 5.74) is 0.293. The molecule has 10 heteroatoms. The van der Waals surface area contributed by atoms with Gasteiger partial charge in [0, 0.05) is 45.5 Å². The van der Waals surface area contributed by atoms with Crippen LogP contribution in [0.5, 0.6) is 11.5 Å². The summed E-state index contributed by atoms with van der Waals surface area (Å²) in [6.07, 6.45) is 5.18. The van der Waals surface area contributed by atoms with Crippen LogP contribution in [-0.2, 0) is 11.8 Å². The number of amides is 2. The highest BCUT2D eigenvalue weighted by Crippen LogP contribution is 2.32. The Bertz CT molecular complexity index is 1070. The van der Waals surface area contributed by atoms with Crippen LogP contribution in [0.3, 0.4) is 0 Å². The van der Waals surface area contributed by atoms with Crippen LogP contribution in [0.1, 0.15) is 28.0 Å². The molecule has 1 aromatic carbocycles. The fraction of sp³-hybridized carbons (Fsp3) is 0.318. The highest BCUT2D eigenvalue weighted by molar-refractivity contribution is 5.95. The van der Waals surface area contributed by atoms with Crippen molar-refractivity contribution in [2.45, 2.75) is 6.43 Å². The third-order valence-corrected chi connectivity index (χ3v) is 5.21. The maximum Gasteiger partial charge on any atom is 0.282 e. The zero-order valence-electron chi connectivity index (χ0n) is 17.4. The number of halogens is 2. The first-order valence-electron chi connectivity index (χ1n) is 10.1. The van der Waals surface area contributed by atoms with E-state index in [9.17, 15) is 18.4 Å². The third kappa shape index (κ3) is 4.63. The molecule has 2 aliphatic heterocycles. The quantitative estimate of drug-likeness (QED) is 0.524. The molecule has 4 rings (SSSR count). The Morgan fingerprint density at radius 3 is 2.53 bits per heavy atom. The van der Waals surface area contributed by atoms with E-state index in [0.29, 0.717) is 24.6 Å². The van der Waals surface area contributed by atoms with Crippen molar-refractivity contribution < 1.29 is 27.8 Å². The van der Waals surface area contributed by atoms with Crippen molar-refractivity contribution in [1.82, 2.24) is 19.6 Å². The molecule has 3 heterocycles. The number of aryl methyl sites for hydroxylation is 1. The van der Waals surface area contributed by atoms with Gasteiger partial charge in [-0.15, -0.1) is 0 Å². The van der Waals surface area contributed by atoms with Crippen LogP contribution in [0, 0.1) is 0 Å². The number of hydrogen-bond donors (Lipinski definition) is 0. The van der Waals surface area contributed by atoms with Crippen molar-refractivity contribution in [1.29, 1.82) is 0 Å². The number of hydrogen-bond acceptors (Lipinski definition) is 5. The molecular formula is C22H22F2N4O4. The fourth-order valence-electron chi connectivity index (χ4n) is 3.56. The molecule has 0 aliphatic carbocycles. The smallest absolute Gasteiger partial charge is 0.282 e. The van der Waals surface area contributed by atoms with E-state index in [1.165, 1.54) is 28.9 Å². The molecule has 0 unspecified atom stereocenters. The van der Waals surface area contributed by atoms with Gasteiger partial charge in [0.15, 0.2) is 11.5 Å². The Balaban J connectivity index is 1.29. The fourth-order valence-corrected chi connectivity index (χ4v) is 3.56. The van der Waals surface area contributed by atoms with Crippen molar-refractivity contribution in [2.75, 3.05) is 33.0 Å². The summed E-state index contributed by atoms with van der Waals surface area (Å²) in [6, 6.07) is 5.57. The normalized spacial score (nSPS) is 16.0. The van der Waals surface area contributed by atoms with Crippen molar-refractivity contribution in [3.63, 3.8) is 0 Å². The summed E-state index contributed by atoms with van der Waals surface area (Å²) in [4.78, 5) is 28.1. The van der Waals surface area contributed by atoms with Crippen LogP contribution in [0.25, 0.3) is 6.08 Å². The van der Waals surface area contributed by atoms with Gasteiger partial charge in [0.25, 0.3) is 12.3 Å². The van der Waals surface area contributed by atoms with E-state index in [1.54, 1.807) is 17.1 Å². The Morgan fingerprint density at radius 2 is 1.78 bits per heavy atom. The average Bonchev–Trinajstić information content (AvgIpc) is 3.42. The molecule has 32 heavy (non-hydrogen) atoms. The van der Waals surface area contributed by atoms with Crippen molar-refractivity contribution in [3.8, 4) is 11.5 Å². The lowest BCUT2D eigenvalue weighted by atomic mass is 10.2. The number of aromatic nitrogens is 2. The summed E-state index contributed by atoms with van der Waals surface area (Å²) >= 11 is 0. The van der Waals surface area contributed by atoms with Gasteiger partial charge in [0.1, 0.15) is 5.69 Å². The van der Waals surface area contributed by atoms with Crippen molar-refractivity contribution in [3.05, 3.63) is 59.4 Å². The number of ether oxygens (including phenoxy) is 2. The predicted octanol–water partition coefficient (Wildman–Crippen LogP) is 2.64. The van der Waals surface area contributed by atoms with Crippen LogP contribution in [0.2, 0.25) is 0 Å². The number of fused-ring (bicyclic) bond motifs is 1. The van der Waals surface area contributed by atoms with Crippen LogP contribution in [0.4, 0.5) is 8.78 Å². The summed E-state index contributed by atoms with van der Waals surface area (Å²) in [6.45, 7) is 1.40. The van der Waals surface area contributed by atoms with Gasteiger partial charge < -0.3 is 19.3 Å². The topological polar surface area (TPSA) is 76.9 Å².